The van der Waals surface area contributed by atoms with Gasteiger partial charge in [-0.3, -0.25) is 0 Å². The number of aryl methyl sites for hydroxylation is 1. The predicted molar refractivity (Wildman–Crippen MR) is 86.9 cm³/mol. The van der Waals surface area contributed by atoms with E-state index in [1.165, 1.54) is 18.4 Å². The van der Waals surface area contributed by atoms with E-state index in [-0.39, 0.29) is 6.10 Å². The first-order valence-corrected chi connectivity index (χ1v) is 8.08. The van der Waals surface area contributed by atoms with E-state index in [1.54, 1.807) is 0 Å². The summed E-state index contributed by atoms with van der Waals surface area (Å²) in [5.41, 5.74) is 2.26. The van der Waals surface area contributed by atoms with E-state index < -0.39 is 0 Å². The molecular weight excluding hydrogens is 246 g/mol. The maximum atomic E-state index is 10.4. The van der Waals surface area contributed by atoms with Crippen LogP contribution in [0.5, 0.6) is 0 Å². The predicted octanol–water partition coefficient (Wildman–Crippen LogP) is 4.18. The zero-order chi connectivity index (χ0) is 15.0. The van der Waals surface area contributed by atoms with Crippen LogP contribution < -0.4 is 0 Å². The normalized spacial score (nSPS) is 13.2. The highest BCUT2D eigenvalue weighted by atomic mass is 16.3. The zero-order valence-corrected chi connectivity index (χ0v) is 13.6. The van der Waals surface area contributed by atoms with Crippen LogP contribution >= 0.6 is 0 Å². The third kappa shape index (κ3) is 5.26. The van der Waals surface area contributed by atoms with E-state index in [4.69, 9.17) is 0 Å². The van der Waals surface area contributed by atoms with Gasteiger partial charge < -0.3 is 10.0 Å². The summed E-state index contributed by atoms with van der Waals surface area (Å²) < 4.78 is 0. The first-order chi connectivity index (χ1) is 9.62. The number of hydrogen-bond acceptors (Lipinski definition) is 2. The Morgan fingerprint density at radius 3 is 2.30 bits per heavy atom. The Kier molecular flexibility index (Phi) is 7.86. The highest BCUT2D eigenvalue weighted by molar-refractivity contribution is 5.27. The van der Waals surface area contributed by atoms with Gasteiger partial charge in [-0.2, -0.15) is 0 Å². The molecule has 0 fully saturated rings. The van der Waals surface area contributed by atoms with Gasteiger partial charge in [-0.25, -0.2) is 0 Å². The number of hydrogen-bond donors (Lipinski definition) is 1. The molecule has 0 aliphatic rings. The third-order valence-corrected chi connectivity index (χ3v) is 4.38. The topological polar surface area (TPSA) is 23.5 Å². The van der Waals surface area contributed by atoms with Gasteiger partial charge in [-0.1, -0.05) is 57.9 Å². The zero-order valence-electron chi connectivity index (χ0n) is 13.6. The molecular formula is C18H31NO. The second-order valence-corrected chi connectivity index (χ2v) is 5.74. The van der Waals surface area contributed by atoms with Crippen molar-refractivity contribution in [1.82, 2.24) is 4.90 Å². The Morgan fingerprint density at radius 1 is 1.10 bits per heavy atom. The Hall–Kier alpha value is -0.860. The van der Waals surface area contributed by atoms with Crippen molar-refractivity contribution < 1.29 is 5.11 Å². The summed E-state index contributed by atoms with van der Waals surface area (Å²) in [7, 11) is 0. The van der Waals surface area contributed by atoms with E-state index in [0.717, 1.165) is 37.5 Å². The van der Waals surface area contributed by atoms with Crippen molar-refractivity contribution in [2.75, 3.05) is 19.6 Å². The molecule has 0 bridgehead atoms. The van der Waals surface area contributed by atoms with Crippen molar-refractivity contribution in [1.29, 1.82) is 0 Å². The van der Waals surface area contributed by atoms with Crippen molar-refractivity contribution in [2.45, 2.75) is 53.1 Å². The fourth-order valence-corrected chi connectivity index (χ4v) is 2.71. The molecule has 0 aliphatic carbocycles. The molecule has 0 amide bonds. The molecule has 0 spiro atoms. The van der Waals surface area contributed by atoms with Crippen LogP contribution in [0, 0.1) is 12.8 Å². The number of benzene rings is 1. The Balaban J connectivity index is 2.49. The average Bonchev–Trinajstić information content (AvgIpc) is 2.48. The maximum absolute atomic E-state index is 10.4. The molecule has 0 radical (unpaired) electrons. The van der Waals surface area contributed by atoms with E-state index in [2.05, 4.69) is 38.7 Å². The van der Waals surface area contributed by atoms with Gasteiger partial charge >= 0.3 is 0 Å². The van der Waals surface area contributed by atoms with Crippen molar-refractivity contribution in [3.05, 3.63) is 35.4 Å². The van der Waals surface area contributed by atoms with Gasteiger partial charge in [0.2, 0.25) is 0 Å². The molecule has 1 rings (SSSR count). The fourth-order valence-electron chi connectivity index (χ4n) is 2.71. The molecule has 0 aromatic heterocycles. The van der Waals surface area contributed by atoms with Crippen molar-refractivity contribution in [3.63, 3.8) is 0 Å². The first kappa shape index (κ1) is 17.2. The standard InChI is InChI=1S/C18H31NO/c1-5-16(6-2)14-19(7-3)13-12-18(20)17-11-9-8-10-15(17)4/h8-11,16,18,20H,5-7,12-14H2,1-4H3. The summed E-state index contributed by atoms with van der Waals surface area (Å²) in [6, 6.07) is 8.14. The molecule has 1 aromatic rings. The fraction of sp³-hybridized carbons (Fsp3) is 0.667. The minimum absolute atomic E-state index is 0.341. The highest BCUT2D eigenvalue weighted by Gasteiger charge is 2.14. The van der Waals surface area contributed by atoms with Gasteiger partial charge in [0.15, 0.2) is 0 Å². The largest absolute Gasteiger partial charge is 0.388 e. The van der Waals surface area contributed by atoms with Gasteiger partial charge in [0, 0.05) is 13.1 Å². The van der Waals surface area contributed by atoms with Crippen LogP contribution in [0.2, 0.25) is 0 Å². The van der Waals surface area contributed by atoms with Crippen LogP contribution in [0.3, 0.4) is 0 Å². The van der Waals surface area contributed by atoms with Gasteiger partial charge in [-0.15, -0.1) is 0 Å². The van der Waals surface area contributed by atoms with Crippen molar-refractivity contribution in [3.8, 4) is 0 Å². The molecule has 0 saturated carbocycles. The molecule has 2 heteroatoms. The lowest BCUT2D eigenvalue weighted by atomic mass is 10.00. The van der Waals surface area contributed by atoms with E-state index >= 15 is 0 Å². The molecule has 1 atom stereocenters. The minimum atomic E-state index is -0.341. The molecule has 0 saturated heterocycles. The highest BCUT2D eigenvalue weighted by Crippen LogP contribution is 2.21. The minimum Gasteiger partial charge on any atom is -0.388 e. The van der Waals surface area contributed by atoms with Crippen molar-refractivity contribution in [2.24, 2.45) is 5.92 Å². The third-order valence-electron chi connectivity index (χ3n) is 4.38. The first-order valence-electron chi connectivity index (χ1n) is 8.08. The second-order valence-electron chi connectivity index (χ2n) is 5.74. The van der Waals surface area contributed by atoms with Gasteiger partial charge in [0.1, 0.15) is 0 Å². The lowest BCUT2D eigenvalue weighted by molar-refractivity contribution is 0.135. The van der Waals surface area contributed by atoms with Gasteiger partial charge in [0.25, 0.3) is 0 Å². The van der Waals surface area contributed by atoms with Crippen LogP contribution in [-0.4, -0.2) is 29.6 Å². The summed E-state index contributed by atoms with van der Waals surface area (Å²) in [5, 5.41) is 10.4. The molecule has 0 aliphatic heterocycles. The summed E-state index contributed by atoms with van der Waals surface area (Å²) in [5.74, 6) is 0.783. The molecule has 1 unspecified atom stereocenters. The molecule has 2 nitrogen and oxygen atoms in total. The molecule has 0 heterocycles. The number of rotatable bonds is 9. The second kappa shape index (κ2) is 9.15. The SMILES string of the molecule is CCC(CC)CN(CC)CCC(O)c1ccccc1C. The number of aliphatic hydroxyl groups is 1. The van der Waals surface area contributed by atoms with Crippen LogP contribution in [0.4, 0.5) is 0 Å². The van der Waals surface area contributed by atoms with Crippen LogP contribution in [0.25, 0.3) is 0 Å². The van der Waals surface area contributed by atoms with E-state index in [1.807, 2.05) is 18.2 Å². The molecule has 114 valence electrons. The van der Waals surface area contributed by atoms with Crippen LogP contribution in [-0.2, 0) is 0 Å². The molecule has 20 heavy (non-hydrogen) atoms. The number of aliphatic hydroxyl groups excluding tert-OH is 1. The van der Waals surface area contributed by atoms with E-state index in [0.29, 0.717) is 0 Å². The summed E-state index contributed by atoms with van der Waals surface area (Å²) in [6.45, 7) is 12.0. The summed E-state index contributed by atoms with van der Waals surface area (Å²) in [4.78, 5) is 2.47. The summed E-state index contributed by atoms with van der Waals surface area (Å²) >= 11 is 0. The van der Waals surface area contributed by atoms with Crippen LogP contribution in [0.15, 0.2) is 24.3 Å². The van der Waals surface area contributed by atoms with Crippen molar-refractivity contribution >= 4 is 0 Å². The quantitative estimate of drug-likeness (QED) is 0.732. The molecule has 1 N–H and O–H groups in total. The monoisotopic (exact) mass is 277 g/mol. The average molecular weight is 277 g/mol. The lowest BCUT2D eigenvalue weighted by Gasteiger charge is -2.26. The van der Waals surface area contributed by atoms with Gasteiger partial charge in [0.05, 0.1) is 6.10 Å². The smallest absolute Gasteiger partial charge is 0.0804 e. The molecule has 1 aromatic carbocycles. The van der Waals surface area contributed by atoms with Crippen LogP contribution in [0.1, 0.15) is 57.3 Å². The summed E-state index contributed by atoms with van der Waals surface area (Å²) in [6.07, 6.45) is 2.96. The van der Waals surface area contributed by atoms with Gasteiger partial charge in [-0.05, 0) is 36.9 Å². The Bertz CT molecular complexity index is 373. The Labute approximate surface area is 124 Å². The Morgan fingerprint density at radius 2 is 1.75 bits per heavy atom. The maximum Gasteiger partial charge on any atom is 0.0804 e. The lowest BCUT2D eigenvalue weighted by Crippen LogP contribution is -2.31. The van der Waals surface area contributed by atoms with E-state index in [9.17, 15) is 5.11 Å². The number of nitrogens with zero attached hydrogens (tertiary/aromatic N) is 1.